The normalized spacial score (nSPS) is 14.0. The van der Waals surface area contributed by atoms with Crippen molar-refractivity contribution in [2.45, 2.75) is 25.7 Å². The summed E-state index contributed by atoms with van der Waals surface area (Å²) in [5.74, 6) is 0.500. The number of nitrogens with two attached hydrogens (primary N) is 1. The lowest BCUT2D eigenvalue weighted by molar-refractivity contribution is 0.659. The molecule has 0 fully saturated rings. The molecule has 8 rings (SSSR count). The lowest BCUT2D eigenvalue weighted by Gasteiger charge is -2.21. The van der Waals surface area contributed by atoms with E-state index in [1.807, 2.05) is 30.3 Å². The van der Waals surface area contributed by atoms with E-state index in [1.165, 1.54) is 49.6 Å². The predicted molar refractivity (Wildman–Crippen MR) is 194 cm³/mol. The lowest BCUT2D eigenvalue weighted by Crippen LogP contribution is -2.15. The van der Waals surface area contributed by atoms with Crippen LogP contribution >= 0.6 is 0 Å². The molecule has 46 heavy (non-hydrogen) atoms. The van der Waals surface area contributed by atoms with E-state index < -0.39 is 0 Å². The molecule has 0 atom stereocenters. The number of hydrogen-bond donors (Lipinski definition) is 1. The third-order valence-electron chi connectivity index (χ3n) is 9.47. The monoisotopic (exact) mass is 593 g/mol. The Balaban J connectivity index is 1.23. The van der Waals surface area contributed by atoms with Gasteiger partial charge in [0.1, 0.15) is 5.84 Å². The van der Waals surface area contributed by atoms with Crippen LogP contribution in [0.4, 0.5) is 0 Å². The van der Waals surface area contributed by atoms with Crippen LogP contribution in [-0.4, -0.2) is 10.4 Å². The smallest absolute Gasteiger partial charge is 0.131 e. The molecule has 222 valence electrons. The summed E-state index contributed by atoms with van der Waals surface area (Å²) in [6.07, 6.45) is 2.96. The molecule has 0 unspecified atom stereocenters. The van der Waals surface area contributed by atoms with Crippen molar-refractivity contribution in [1.82, 2.24) is 4.57 Å². The molecule has 0 spiro atoms. The highest BCUT2D eigenvalue weighted by Gasteiger charge is 2.35. The van der Waals surface area contributed by atoms with E-state index in [-0.39, 0.29) is 5.41 Å². The van der Waals surface area contributed by atoms with Crippen molar-refractivity contribution in [2.24, 2.45) is 10.7 Å². The highest BCUT2D eigenvalue weighted by atomic mass is 15.0. The first-order valence-electron chi connectivity index (χ1n) is 15.9. The van der Waals surface area contributed by atoms with Gasteiger partial charge in [0, 0.05) is 33.0 Å². The number of nitrogens with zero attached hydrogens (tertiary/aromatic N) is 2. The first-order chi connectivity index (χ1) is 22.5. The van der Waals surface area contributed by atoms with Gasteiger partial charge in [0.05, 0.1) is 16.7 Å². The van der Waals surface area contributed by atoms with Gasteiger partial charge in [-0.25, -0.2) is 4.99 Å². The Morgan fingerprint density at radius 3 is 2.02 bits per heavy atom. The molecule has 6 aromatic carbocycles. The molecule has 3 heteroatoms. The molecule has 3 nitrogen and oxygen atoms in total. The van der Waals surface area contributed by atoms with E-state index in [0.717, 1.165) is 28.9 Å². The maximum atomic E-state index is 6.65. The van der Waals surface area contributed by atoms with Crippen LogP contribution < -0.4 is 5.73 Å². The molecule has 1 heterocycles. The van der Waals surface area contributed by atoms with E-state index in [1.54, 1.807) is 0 Å². The number of allylic oxidation sites excluding steroid dienone is 1. The maximum absolute atomic E-state index is 6.65. The third kappa shape index (κ3) is 4.64. The molecule has 0 amide bonds. The Morgan fingerprint density at radius 2 is 1.26 bits per heavy atom. The van der Waals surface area contributed by atoms with Crippen LogP contribution in [0.2, 0.25) is 0 Å². The third-order valence-corrected chi connectivity index (χ3v) is 9.47. The maximum Gasteiger partial charge on any atom is 0.131 e. The highest BCUT2D eigenvalue weighted by molar-refractivity contribution is 6.09. The first-order valence-corrected chi connectivity index (χ1v) is 15.9. The minimum Gasteiger partial charge on any atom is -0.383 e. The van der Waals surface area contributed by atoms with Gasteiger partial charge in [-0.1, -0.05) is 141 Å². The van der Waals surface area contributed by atoms with Gasteiger partial charge in [-0.2, -0.15) is 0 Å². The SMILES string of the molecule is CC1(C)c2ccccc2-c2ccc(C/C=C(\N=C(N)c3ccccc3)c3cccc(-n4c5ccccc5c5ccccc54)c3)cc21. The van der Waals surface area contributed by atoms with Gasteiger partial charge in [0.2, 0.25) is 0 Å². The zero-order valence-electron chi connectivity index (χ0n) is 26.1. The fourth-order valence-corrected chi connectivity index (χ4v) is 7.13. The number of fused-ring (bicyclic) bond motifs is 6. The van der Waals surface area contributed by atoms with Crippen molar-refractivity contribution in [3.8, 4) is 16.8 Å². The van der Waals surface area contributed by atoms with Gasteiger partial charge < -0.3 is 10.3 Å². The Bertz CT molecular complexity index is 2270. The van der Waals surface area contributed by atoms with E-state index in [0.29, 0.717) is 5.84 Å². The molecule has 7 aromatic rings. The van der Waals surface area contributed by atoms with Crippen LogP contribution in [0.15, 0.2) is 157 Å². The summed E-state index contributed by atoms with van der Waals surface area (Å²) in [5.41, 5.74) is 19.5. The molecule has 0 aliphatic heterocycles. The van der Waals surface area contributed by atoms with Crippen LogP contribution in [-0.2, 0) is 11.8 Å². The Labute approximate surface area is 270 Å². The Morgan fingerprint density at radius 1 is 0.630 bits per heavy atom. The Kier molecular flexibility index (Phi) is 6.69. The van der Waals surface area contributed by atoms with Crippen molar-refractivity contribution >= 4 is 33.3 Å². The molecule has 2 N–H and O–H groups in total. The van der Waals surface area contributed by atoms with Crippen LogP contribution in [0.1, 0.15) is 41.7 Å². The van der Waals surface area contributed by atoms with Gasteiger partial charge in [-0.3, -0.25) is 0 Å². The molecule has 1 aliphatic carbocycles. The van der Waals surface area contributed by atoms with E-state index in [9.17, 15) is 0 Å². The second-order valence-electron chi connectivity index (χ2n) is 12.6. The van der Waals surface area contributed by atoms with Gasteiger partial charge in [-0.05, 0) is 58.5 Å². The van der Waals surface area contributed by atoms with Crippen molar-refractivity contribution in [3.63, 3.8) is 0 Å². The van der Waals surface area contributed by atoms with Crippen LogP contribution in [0.5, 0.6) is 0 Å². The zero-order valence-corrected chi connectivity index (χ0v) is 26.1. The van der Waals surface area contributed by atoms with E-state index in [2.05, 4.69) is 140 Å². The first kappa shape index (κ1) is 27.8. The van der Waals surface area contributed by atoms with Gasteiger partial charge in [0.25, 0.3) is 0 Å². The van der Waals surface area contributed by atoms with Crippen molar-refractivity contribution in [3.05, 3.63) is 179 Å². The number of rotatable bonds is 6. The van der Waals surface area contributed by atoms with Crippen molar-refractivity contribution < 1.29 is 0 Å². The van der Waals surface area contributed by atoms with Crippen molar-refractivity contribution in [1.29, 1.82) is 0 Å². The van der Waals surface area contributed by atoms with Gasteiger partial charge >= 0.3 is 0 Å². The Hall–Kier alpha value is -5.67. The van der Waals surface area contributed by atoms with Crippen LogP contribution in [0, 0.1) is 0 Å². The largest absolute Gasteiger partial charge is 0.383 e. The quantitative estimate of drug-likeness (QED) is 0.151. The number of para-hydroxylation sites is 2. The molecule has 1 aromatic heterocycles. The molecule has 0 saturated heterocycles. The summed E-state index contributed by atoms with van der Waals surface area (Å²) in [4.78, 5) is 5.06. The van der Waals surface area contributed by atoms with E-state index >= 15 is 0 Å². The summed E-state index contributed by atoms with van der Waals surface area (Å²) in [6, 6.07) is 51.6. The number of aromatic nitrogens is 1. The number of hydrogen-bond acceptors (Lipinski definition) is 1. The lowest BCUT2D eigenvalue weighted by atomic mass is 9.82. The second kappa shape index (κ2) is 11.0. The fraction of sp³-hybridized carbons (Fsp3) is 0.0930. The highest BCUT2D eigenvalue weighted by Crippen LogP contribution is 2.48. The van der Waals surface area contributed by atoms with Crippen LogP contribution in [0.3, 0.4) is 0 Å². The van der Waals surface area contributed by atoms with Gasteiger partial charge in [0.15, 0.2) is 0 Å². The standard InChI is InChI=1S/C43H35N3/c1-43(2)37-20-9-6-17-33(37)34-25-23-29(27-38(34)43)24-26-39(45-42(44)30-13-4-3-5-14-30)31-15-12-16-32(28-31)46-40-21-10-7-18-35(40)36-19-8-11-22-41(36)46/h3-23,25-28H,24H2,1-2H3,(H2,44,45)/b39-26-. The molecule has 1 aliphatic rings. The number of benzene rings is 6. The average molecular weight is 594 g/mol. The van der Waals surface area contributed by atoms with Crippen LogP contribution in [0.25, 0.3) is 44.3 Å². The summed E-state index contributed by atoms with van der Waals surface area (Å²) in [5, 5.41) is 2.49. The average Bonchev–Trinajstić information content (AvgIpc) is 3.56. The fourth-order valence-electron chi connectivity index (χ4n) is 7.13. The van der Waals surface area contributed by atoms with Gasteiger partial charge in [-0.15, -0.1) is 0 Å². The predicted octanol–water partition coefficient (Wildman–Crippen LogP) is 10.1. The molecular formula is C43H35N3. The molecule has 0 bridgehead atoms. The molecule has 0 radical (unpaired) electrons. The minimum absolute atomic E-state index is 0.0407. The number of aliphatic imine (C=N–C) groups is 1. The zero-order chi connectivity index (χ0) is 31.3. The van der Waals surface area contributed by atoms with E-state index in [4.69, 9.17) is 10.7 Å². The minimum atomic E-state index is -0.0407. The van der Waals surface area contributed by atoms with Crippen molar-refractivity contribution in [2.75, 3.05) is 0 Å². The summed E-state index contributed by atoms with van der Waals surface area (Å²) >= 11 is 0. The summed E-state index contributed by atoms with van der Waals surface area (Å²) in [6.45, 7) is 4.65. The topological polar surface area (TPSA) is 43.3 Å². The summed E-state index contributed by atoms with van der Waals surface area (Å²) < 4.78 is 2.34. The molecular weight excluding hydrogens is 558 g/mol. The molecule has 0 saturated carbocycles. The summed E-state index contributed by atoms with van der Waals surface area (Å²) in [7, 11) is 0. The number of amidine groups is 1. The second-order valence-corrected chi connectivity index (χ2v) is 12.6.